The number of hydrogen-bond acceptors (Lipinski definition) is 4. The van der Waals surface area contributed by atoms with Gasteiger partial charge in [0.15, 0.2) is 0 Å². The number of nitrogens with one attached hydrogen (secondary N) is 1. The van der Waals surface area contributed by atoms with Crippen molar-refractivity contribution in [1.29, 1.82) is 0 Å². The molecule has 0 aromatic carbocycles. The average Bonchev–Trinajstić information content (AvgIpc) is 2.67. The molecule has 1 fully saturated rings. The number of rotatable bonds is 14. The summed E-state index contributed by atoms with van der Waals surface area (Å²) in [7, 11) is 0. The van der Waals surface area contributed by atoms with Crippen LogP contribution < -0.4 is 5.32 Å². The number of carbonyl (C=O) groups excluding carboxylic acids is 3. The van der Waals surface area contributed by atoms with Crippen LogP contribution in [0.2, 0.25) is 0 Å². The first-order valence-electron chi connectivity index (χ1n) is 10.4. The number of esters is 1. The minimum atomic E-state index is -0.760. The Balaban J connectivity index is 2.10. The molecule has 1 atom stereocenters. The van der Waals surface area contributed by atoms with Crippen LogP contribution in [0.15, 0.2) is 0 Å². The lowest BCUT2D eigenvalue weighted by Gasteiger charge is -2.34. The van der Waals surface area contributed by atoms with Crippen molar-refractivity contribution in [3.63, 3.8) is 0 Å². The highest BCUT2D eigenvalue weighted by molar-refractivity contribution is 9.09. The van der Waals surface area contributed by atoms with E-state index in [1.165, 1.54) is 56.3 Å². The van der Waals surface area contributed by atoms with E-state index in [0.29, 0.717) is 19.7 Å². The second kappa shape index (κ2) is 14.9. The van der Waals surface area contributed by atoms with Gasteiger partial charge >= 0.3 is 5.97 Å². The predicted molar refractivity (Wildman–Crippen MR) is 110 cm³/mol. The standard InChI is InChI=1S/C20H35BrN2O4/c1-2-3-4-5-6-7-8-9-10-11-14-27-19(25)15-17-20(26)22-12-13-23(17)18(24)16-21/h17H,2-16H2,1H3,(H,22,26). The molecule has 156 valence electrons. The summed E-state index contributed by atoms with van der Waals surface area (Å²) in [6.07, 6.45) is 12.2. The topological polar surface area (TPSA) is 75.7 Å². The van der Waals surface area contributed by atoms with Gasteiger partial charge in [-0.15, -0.1) is 0 Å². The van der Waals surface area contributed by atoms with Crippen LogP contribution in [0.4, 0.5) is 0 Å². The summed E-state index contributed by atoms with van der Waals surface area (Å²) >= 11 is 3.12. The fourth-order valence-electron chi connectivity index (χ4n) is 3.29. The summed E-state index contributed by atoms with van der Waals surface area (Å²) in [6, 6.07) is -0.760. The Morgan fingerprint density at radius 3 is 2.26 bits per heavy atom. The Labute approximate surface area is 171 Å². The van der Waals surface area contributed by atoms with Gasteiger partial charge in [-0.2, -0.15) is 0 Å². The van der Waals surface area contributed by atoms with Crippen LogP contribution in [0, 0.1) is 0 Å². The lowest BCUT2D eigenvalue weighted by Crippen LogP contribution is -2.58. The fraction of sp³-hybridized carbons (Fsp3) is 0.850. The lowest BCUT2D eigenvalue weighted by atomic mass is 10.1. The van der Waals surface area contributed by atoms with Gasteiger partial charge in [0, 0.05) is 13.1 Å². The summed E-state index contributed by atoms with van der Waals surface area (Å²) in [5.74, 6) is -0.885. The molecular formula is C20H35BrN2O4. The maximum absolute atomic E-state index is 12.0. The third kappa shape index (κ3) is 10.1. The van der Waals surface area contributed by atoms with Crippen molar-refractivity contribution in [3.05, 3.63) is 0 Å². The van der Waals surface area contributed by atoms with Crippen molar-refractivity contribution in [3.8, 4) is 0 Å². The fourth-order valence-corrected chi connectivity index (χ4v) is 3.61. The maximum Gasteiger partial charge on any atom is 0.308 e. The smallest absolute Gasteiger partial charge is 0.308 e. The molecule has 6 nitrogen and oxygen atoms in total. The van der Waals surface area contributed by atoms with E-state index in [2.05, 4.69) is 28.2 Å². The van der Waals surface area contributed by atoms with Gasteiger partial charge in [0.05, 0.1) is 18.4 Å². The second-order valence-electron chi connectivity index (χ2n) is 7.13. The van der Waals surface area contributed by atoms with E-state index < -0.39 is 12.0 Å². The molecule has 0 aromatic rings. The summed E-state index contributed by atoms with van der Waals surface area (Å²) in [4.78, 5) is 37.4. The number of piperazine rings is 1. The van der Waals surface area contributed by atoms with Gasteiger partial charge in [-0.25, -0.2) is 0 Å². The van der Waals surface area contributed by atoms with Crippen LogP contribution in [0.5, 0.6) is 0 Å². The number of unbranched alkanes of at least 4 members (excludes halogenated alkanes) is 9. The summed E-state index contributed by atoms with van der Waals surface area (Å²) in [6.45, 7) is 3.46. The van der Waals surface area contributed by atoms with Crippen molar-refractivity contribution < 1.29 is 19.1 Å². The molecule has 0 aromatic heterocycles. The normalized spacial score (nSPS) is 16.9. The number of nitrogens with zero attached hydrogens (tertiary/aromatic N) is 1. The monoisotopic (exact) mass is 446 g/mol. The van der Waals surface area contributed by atoms with E-state index in [1.807, 2.05) is 0 Å². The van der Waals surface area contributed by atoms with Gasteiger partial charge in [-0.3, -0.25) is 14.4 Å². The first-order chi connectivity index (χ1) is 13.1. The van der Waals surface area contributed by atoms with Gasteiger partial charge in [0.1, 0.15) is 6.04 Å². The summed E-state index contributed by atoms with van der Waals surface area (Å²) in [5, 5.41) is 2.85. The van der Waals surface area contributed by atoms with Crippen LogP contribution >= 0.6 is 15.9 Å². The van der Waals surface area contributed by atoms with Gasteiger partial charge in [0.25, 0.3) is 0 Å². The highest BCUT2D eigenvalue weighted by Crippen LogP contribution is 2.13. The quantitative estimate of drug-likeness (QED) is 0.251. The molecule has 0 aliphatic carbocycles. The lowest BCUT2D eigenvalue weighted by molar-refractivity contribution is -0.151. The molecule has 1 unspecified atom stereocenters. The molecular weight excluding hydrogens is 412 g/mol. The number of halogens is 1. The van der Waals surface area contributed by atoms with Crippen molar-refractivity contribution in [2.75, 3.05) is 25.0 Å². The first kappa shape index (κ1) is 23.9. The molecule has 1 aliphatic heterocycles. The zero-order valence-corrected chi connectivity index (χ0v) is 18.2. The van der Waals surface area contributed by atoms with Crippen molar-refractivity contribution in [2.24, 2.45) is 0 Å². The Morgan fingerprint density at radius 1 is 1.07 bits per heavy atom. The molecule has 1 rings (SSSR count). The highest BCUT2D eigenvalue weighted by atomic mass is 79.9. The molecule has 1 aliphatic rings. The van der Waals surface area contributed by atoms with E-state index in [-0.39, 0.29) is 23.6 Å². The number of ether oxygens (including phenoxy) is 1. The molecule has 27 heavy (non-hydrogen) atoms. The zero-order chi connectivity index (χ0) is 19.9. The molecule has 2 amide bonds. The van der Waals surface area contributed by atoms with Crippen LogP contribution in [-0.4, -0.2) is 53.8 Å². The summed E-state index contributed by atoms with van der Waals surface area (Å²) < 4.78 is 5.26. The third-order valence-electron chi connectivity index (χ3n) is 4.89. The van der Waals surface area contributed by atoms with Crippen LogP contribution in [0.3, 0.4) is 0 Å². The van der Waals surface area contributed by atoms with E-state index in [4.69, 9.17) is 4.74 Å². The van der Waals surface area contributed by atoms with Gasteiger partial charge in [-0.05, 0) is 6.42 Å². The van der Waals surface area contributed by atoms with Crippen LogP contribution in [-0.2, 0) is 19.1 Å². The van der Waals surface area contributed by atoms with E-state index in [0.717, 1.165) is 12.8 Å². The van der Waals surface area contributed by atoms with Crippen molar-refractivity contribution >= 4 is 33.7 Å². The van der Waals surface area contributed by atoms with E-state index in [9.17, 15) is 14.4 Å². The maximum atomic E-state index is 12.0. The average molecular weight is 447 g/mol. The third-order valence-corrected chi connectivity index (χ3v) is 5.37. The van der Waals surface area contributed by atoms with Gasteiger partial charge in [0.2, 0.25) is 11.8 Å². The number of carbonyl (C=O) groups is 3. The minimum Gasteiger partial charge on any atom is -0.466 e. The molecule has 7 heteroatoms. The minimum absolute atomic E-state index is 0.0810. The largest absolute Gasteiger partial charge is 0.466 e. The Bertz CT molecular complexity index is 459. The number of hydrogen-bond donors (Lipinski definition) is 1. The molecule has 0 spiro atoms. The molecule has 0 saturated carbocycles. The van der Waals surface area contributed by atoms with Crippen molar-refractivity contribution in [2.45, 2.75) is 83.6 Å². The van der Waals surface area contributed by atoms with Gasteiger partial charge in [-0.1, -0.05) is 80.6 Å². The Kier molecular flexibility index (Phi) is 13.2. The molecule has 0 bridgehead atoms. The first-order valence-corrected chi connectivity index (χ1v) is 11.5. The van der Waals surface area contributed by atoms with Crippen LogP contribution in [0.25, 0.3) is 0 Å². The molecule has 0 radical (unpaired) electrons. The summed E-state index contributed by atoms with van der Waals surface area (Å²) in [5.41, 5.74) is 0. The molecule has 1 heterocycles. The SMILES string of the molecule is CCCCCCCCCCCCOC(=O)CC1C(=O)NCCN1C(=O)CBr. The number of alkyl halides is 1. The highest BCUT2D eigenvalue weighted by Gasteiger charge is 2.34. The van der Waals surface area contributed by atoms with Crippen molar-refractivity contribution in [1.82, 2.24) is 10.2 Å². The van der Waals surface area contributed by atoms with E-state index in [1.54, 1.807) is 0 Å². The Morgan fingerprint density at radius 2 is 1.67 bits per heavy atom. The molecule has 1 N–H and O–H groups in total. The van der Waals surface area contributed by atoms with Gasteiger partial charge < -0.3 is 15.0 Å². The van der Waals surface area contributed by atoms with E-state index >= 15 is 0 Å². The number of amides is 2. The second-order valence-corrected chi connectivity index (χ2v) is 7.69. The predicted octanol–water partition coefficient (Wildman–Crippen LogP) is 3.56. The van der Waals surface area contributed by atoms with Crippen LogP contribution in [0.1, 0.15) is 77.6 Å². The zero-order valence-electron chi connectivity index (χ0n) is 16.6. The Hall–Kier alpha value is -1.11. The molecule has 1 saturated heterocycles.